The molecule has 0 N–H and O–H groups in total. The predicted octanol–water partition coefficient (Wildman–Crippen LogP) is 25.0. The van der Waals surface area contributed by atoms with Crippen molar-refractivity contribution >= 4 is 17.9 Å². The summed E-state index contributed by atoms with van der Waals surface area (Å²) in [5.41, 5.74) is 0. The lowest BCUT2D eigenvalue weighted by molar-refractivity contribution is -0.167. The van der Waals surface area contributed by atoms with Gasteiger partial charge in [-0.15, -0.1) is 0 Å². The summed E-state index contributed by atoms with van der Waals surface area (Å²) in [6, 6.07) is 0. The Morgan fingerprint density at radius 3 is 0.747 bits per heavy atom. The maximum atomic E-state index is 12.9. The Balaban J connectivity index is 4.22. The first-order valence-electron chi connectivity index (χ1n) is 36.1. The molecule has 0 heterocycles. The molecule has 480 valence electrons. The lowest BCUT2D eigenvalue weighted by atomic mass is 10.0. The summed E-state index contributed by atoms with van der Waals surface area (Å²) < 4.78 is 17.0. The first-order chi connectivity index (χ1) is 41.0. The van der Waals surface area contributed by atoms with Crippen molar-refractivity contribution in [3.8, 4) is 0 Å². The van der Waals surface area contributed by atoms with Gasteiger partial charge in [0.2, 0.25) is 0 Å². The van der Waals surface area contributed by atoms with Gasteiger partial charge in [0.25, 0.3) is 0 Å². The fourth-order valence-corrected chi connectivity index (χ4v) is 10.5. The van der Waals surface area contributed by atoms with Crippen LogP contribution in [0.25, 0.3) is 0 Å². The van der Waals surface area contributed by atoms with E-state index in [4.69, 9.17) is 14.2 Å². The summed E-state index contributed by atoms with van der Waals surface area (Å²) in [6.45, 7) is 6.55. The minimum absolute atomic E-state index is 0.0786. The van der Waals surface area contributed by atoms with Gasteiger partial charge in [-0.05, 0) is 96.3 Å². The summed E-state index contributed by atoms with van der Waals surface area (Å²) in [5.74, 6) is -0.875. The molecule has 0 aliphatic carbocycles. The minimum atomic E-state index is -0.784. The standard InChI is InChI=1S/C77H136O6/c1-4-7-10-13-16-19-22-24-26-28-30-32-34-36-37-38-39-41-42-44-46-48-50-52-55-58-61-64-67-70-76(79)82-73-74(72-81-75(78)69-66-63-60-57-54-21-18-15-12-9-6-3)83-77(80)71-68-65-62-59-56-53-51-49-47-45-43-40-35-33-31-29-27-25-23-20-17-14-11-8-5-2/h8,11,17,20,25,27-28,30-31,33,40,43,47,49,74H,4-7,9-10,12-16,18-19,21-24,26,29,32,34-39,41-42,44-46,48,50-73H2,1-3H3/b11-8-,20-17-,27-25-,30-28-,33-31-,43-40-,49-47-. The van der Waals surface area contributed by atoms with Gasteiger partial charge in [-0.25, -0.2) is 0 Å². The quantitative estimate of drug-likeness (QED) is 0.0261. The van der Waals surface area contributed by atoms with Crippen LogP contribution in [-0.2, 0) is 28.6 Å². The molecule has 0 spiro atoms. The van der Waals surface area contributed by atoms with Crippen LogP contribution in [-0.4, -0.2) is 37.2 Å². The monoisotopic (exact) mass is 1160 g/mol. The van der Waals surface area contributed by atoms with E-state index in [0.717, 1.165) is 109 Å². The maximum absolute atomic E-state index is 12.9. The smallest absolute Gasteiger partial charge is 0.306 e. The topological polar surface area (TPSA) is 78.9 Å². The molecule has 0 aliphatic heterocycles. The van der Waals surface area contributed by atoms with E-state index in [1.54, 1.807) is 0 Å². The van der Waals surface area contributed by atoms with E-state index >= 15 is 0 Å². The number of carbonyl (C=O) groups excluding carboxylic acids is 3. The molecule has 0 aromatic heterocycles. The highest BCUT2D eigenvalue weighted by atomic mass is 16.6. The summed E-state index contributed by atoms with van der Waals surface area (Å²) in [5, 5.41) is 0. The molecule has 1 unspecified atom stereocenters. The first kappa shape index (κ1) is 79.6. The normalized spacial score (nSPS) is 12.6. The van der Waals surface area contributed by atoms with E-state index in [1.807, 2.05) is 0 Å². The first-order valence-corrected chi connectivity index (χ1v) is 36.1. The van der Waals surface area contributed by atoms with Gasteiger partial charge in [0, 0.05) is 19.3 Å². The lowest BCUT2D eigenvalue weighted by Crippen LogP contribution is -2.30. The molecule has 0 radical (unpaired) electrons. The zero-order valence-corrected chi connectivity index (χ0v) is 55.2. The van der Waals surface area contributed by atoms with Gasteiger partial charge in [0.15, 0.2) is 6.10 Å². The SMILES string of the molecule is CC/C=C\C/C=C\C/C=C\C/C=C\C/C=C\C/C=C\CCCCCCCCC(=O)OC(COC(=O)CCCCCCCCCCCCC)COC(=O)CCCCCCCCCCCCCCCCCCC/C=C\CCCCCCCCCC. The summed E-state index contributed by atoms with van der Waals surface area (Å²) in [7, 11) is 0. The van der Waals surface area contributed by atoms with Gasteiger partial charge >= 0.3 is 17.9 Å². The third-order valence-corrected chi connectivity index (χ3v) is 15.9. The Bertz CT molecular complexity index is 1570. The Morgan fingerprint density at radius 1 is 0.253 bits per heavy atom. The molecule has 1 atom stereocenters. The highest BCUT2D eigenvalue weighted by Crippen LogP contribution is 2.18. The number of ether oxygens (including phenoxy) is 3. The highest BCUT2D eigenvalue weighted by molar-refractivity contribution is 5.71. The van der Waals surface area contributed by atoms with Crippen molar-refractivity contribution in [1.82, 2.24) is 0 Å². The molecule has 0 fully saturated rings. The predicted molar refractivity (Wildman–Crippen MR) is 362 cm³/mol. The van der Waals surface area contributed by atoms with Gasteiger partial charge < -0.3 is 14.2 Å². The minimum Gasteiger partial charge on any atom is -0.462 e. The van der Waals surface area contributed by atoms with E-state index in [2.05, 4.69) is 106 Å². The molecule has 0 amide bonds. The van der Waals surface area contributed by atoms with E-state index in [1.165, 1.54) is 218 Å². The molecule has 0 rings (SSSR count). The second-order valence-corrected chi connectivity index (χ2v) is 24.1. The fraction of sp³-hybridized carbons (Fsp3) is 0.779. The van der Waals surface area contributed by atoms with Crippen LogP contribution < -0.4 is 0 Å². The molecule has 6 nitrogen and oxygen atoms in total. The third kappa shape index (κ3) is 69.3. The van der Waals surface area contributed by atoms with Crippen LogP contribution in [0.5, 0.6) is 0 Å². The zero-order valence-electron chi connectivity index (χ0n) is 55.2. The van der Waals surface area contributed by atoms with Gasteiger partial charge in [-0.3, -0.25) is 14.4 Å². The molecule has 0 aliphatic rings. The van der Waals surface area contributed by atoms with Gasteiger partial charge in [-0.2, -0.15) is 0 Å². The van der Waals surface area contributed by atoms with Crippen molar-refractivity contribution in [1.29, 1.82) is 0 Å². The number of unbranched alkanes of at least 4 members (excludes halogenated alkanes) is 41. The van der Waals surface area contributed by atoms with Crippen LogP contribution in [0.15, 0.2) is 85.1 Å². The lowest BCUT2D eigenvalue weighted by Gasteiger charge is -2.18. The van der Waals surface area contributed by atoms with Crippen LogP contribution in [0.4, 0.5) is 0 Å². The molecule has 0 saturated carbocycles. The number of rotatable bonds is 66. The van der Waals surface area contributed by atoms with Crippen LogP contribution in [0.3, 0.4) is 0 Å². The van der Waals surface area contributed by atoms with Gasteiger partial charge in [0.05, 0.1) is 0 Å². The van der Waals surface area contributed by atoms with Gasteiger partial charge in [0.1, 0.15) is 13.2 Å². The third-order valence-electron chi connectivity index (χ3n) is 15.9. The van der Waals surface area contributed by atoms with Crippen LogP contribution >= 0.6 is 0 Å². The molecular formula is C77H136O6. The van der Waals surface area contributed by atoms with E-state index in [-0.39, 0.29) is 31.1 Å². The molecule has 0 aromatic rings. The number of hydrogen-bond acceptors (Lipinski definition) is 6. The second kappa shape index (κ2) is 71.1. The molecule has 83 heavy (non-hydrogen) atoms. The largest absolute Gasteiger partial charge is 0.462 e. The molecule has 0 bridgehead atoms. The number of hydrogen-bond donors (Lipinski definition) is 0. The maximum Gasteiger partial charge on any atom is 0.306 e. The van der Waals surface area contributed by atoms with E-state index < -0.39 is 6.10 Å². The van der Waals surface area contributed by atoms with Crippen molar-refractivity contribution < 1.29 is 28.6 Å². The number of esters is 3. The van der Waals surface area contributed by atoms with Crippen LogP contribution in [0.1, 0.15) is 367 Å². The Hall–Kier alpha value is -3.41. The fourth-order valence-electron chi connectivity index (χ4n) is 10.5. The summed E-state index contributed by atoms with van der Waals surface area (Å²) in [4.78, 5) is 38.4. The Labute approximate surface area is 515 Å². The van der Waals surface area contributed by atoms with Crippen molar-refractivity contribution in [3.63, 3.8) is 0 Å². The van der Waals surface area contributed by atoms with Crippen LogP contribution in [0.2, 0.25) is 0 Å². The highest BCUT2D eigenvalue weighted by Gasteiger charge is 2.19. The summed E-state index contributed by atoms with van der Waals surface area (Å²) >= 11 is 0. The molecule has 6 heteroatoms. The Morgan fingerprint density at radius 2 is 0.470 bits per heavy atom. The number of allylic oxidation sites excluding steroid dienone is 14. The average molecular weight is 1160 g/mol. The van der Waals surface area contributed by atoms with Crippen LogP contribution in [0, 0.1) is 0 Å². The summed E-state index contributed by atoms with van der Waals surface area (Å²) in [6.07, 6.45) is 94.8. The van der Waals surface area contributed by atoms with E-state index in [9.17, 15) is 14.4 Å². The van der Waals surface area contributed by atoms with Crippen molar-refractivity contribution in [2.75, 3.05) is 13.2 Å². The van der Waals surface area contributed by atoms with E-state index in [0.29, 0.717) is 19.3 Å². The average Bonchev–Trinajstić information content (AvgIpc) is 3.48. The Kier molecular flexibility index (Phi) is 68.2. The second-order valence-electron chi connectivity index (χ2n) is 24.1. The van der Waals surface area contributed by atoms with Crippen molar-refractivity contribution in [2.24, 2.45) is 0 Å². The van der Waals surface area contributed by atoms with Crippen molar-refractivity contribution in [3.05, 3.63) is 85.1 Å². The zero-order chi connectivity index (χ0) is 59.9. The van der Waals surface area contributed by atoms with Crippen molar-refractivity contribution in [2.45, 2.75) is 374 Å². The molecule has 0 aromatic carbocycles. The number of carbonyl (C=O) groups is 3. The van der Waals surface area contributed by atoms with Gasteiger partial charge in [-0.1, -0.05) is 337 Å². The molecular weight excluding hydrogens is 1020 g/mol. The molecule has 0 saturated heterocycles.